The topological polar surface area (TPSA) is 59.8 Å². The molecule has 150 valence electrons. The second-order valence-corrected chi connectivity index (χ2v) is 8.49. The van der Waals surface area contributed by atoms with Gasteiger partial charge in [-0.05, 0) is 56.0 Å². The minimum absolute atomic E-state index is 0.1000. The van der Waals surface area contributed by atoms with Crippen LogP contribution in [0.1, 0.15) is 38.3 Å². The van der Waals surface area contributed by atoms with Crippen molar-refractivity contribution in [3.63, 3.8) is 0 Å². The number of rotatable bonds is 7. The van der Waals surface area contributed by atoms with Gasteiger partial charge in [-0.25, -0.2) is 4.39 Å². The van der Waals surface area contributed by atoms with Crippen molar-refractivity contribution in [1.29, 1.82) is 0 Å². The van der Waals surface area contributed by atoms with Crippen molar-refractivity contribution in [2.24, 2.45) is 0 Å². The maximum Gasteiger partial charge on any atom is 0.237 e. The fraction of sp³-hybridized carbons (Fsp3) is 0.318. The highest BCUT2D eigenvalue weighted by molar-refractivity contribution is 8.00. The molecule has 1 aliphatic rings. The van der Waals surface area contributed by atoms with Crippen molar-refractivity contribution < 1.29 is 9.18 Å². The first-order chi connectivity index (χ1) is 14.1. The van der Waals surface area contributed by atoms with Crippen LogP contribution in [0.25, 0.3) is 11.4 Å². The molecule has 0 spiro atoms. The molecule has 1 saturated carbocycles. The zero-order valence-electron chi connectivity index (χ0n) is 16.4. The van der Waals surface area contributed by atoms with Gasteiger partial charge in [0.2, 0.25) is 5.91 Å². The van der Waals surface area contributed by atoms with E-state index in [9.17, 15) is 9.18 Å². The van der Waals surface area contributed by atoms with Crippen LogP contribution in [0.4, 0.5) is 10.1 Å². The van der Waals surface area contributed by atoms with Gasteiger partial charge in [0, 0.05) is 11.7 Å². The fourth-order valence-corrected chi connectivity index (χ4v) is 4.04. The molecule has 1 N–H and O–H groups in total. The predicted octanol–water partition coefficient (Wildman–Crippen LogP) is 5.10. The van der Waals surface area contributed by atoms with Gasteiger partial charge in [0.05, 0.1) is 10.8 Å². The fourth-order valence-electron chi connectivity index (χ4n) is 3.12. The Hall–Kier alpha value is -2.67. The molecular formula is C22H23FN4OS. The lowest BCUT2D eigenvalue weighted by molar-refractivity contribution is -0.115. The lowest BCUT2D eigenvalue weighted by Gasteiger charge is -2.14. The first-order valence-corrected chi connectivity index (χ1v) is 10.7. The number of hydrogen-bond donors (Lipinski definition) is 1. The van der Waals surface area contributed by atoms with Crippen LogP contribution in [0.5, 0.6) is 0 Å². The highest BCUT2D eigenvalue weighted by Gasteiger charge is 2.32. The third-order valence-corrected chi connectivity index (χ3v) is 6.03. The Kier molecular flexibility index (Phi) is 5.67. The molecule has 2 aromatic carbocycles. The average molecular weight is 411 g/mol. The van der Waals surface area contributed by atoms with E-state index >= 15 is 0 Å². The molecule has 0 radical (unpaired) electrons. The summed E-state index contributed by atoms with van der Waals surface area (Å²) in [5.41, 5.74) is 2.44. The standard InChI is InChI=1S/C22H23FN4OS/c1-3-15-8-10-16(11-9-15)24-21(28)14(2)29-22-26-25-20(27(22)17-12-13-17)18-6-4-5-7-19(18)23/h4-11,14,17H,3,12-13H2,1-2H3,(H,24,28). The molecule has 3 aromatic rings. The predicted molar refractivity (Wildman–Crippen MR) is 113 cm³/mol. The maximum absolute atomic E-state index is 14.3. The Balaban J connectivity index is 1.51. The van der Waals surface area contributed by atoms with Crippen LogP contribution in [0.2, 0.25) is 0 Å². The lowest BCUT2D eigenvalue weighted by Crippen LogP contribution is -2.23. The molecule has 7 heteroatoms. The number of benzene rings is 2. The number of carbonyl (C=O) groups is 1. The molecule has 1 aliphatic carbocycles. The van der Waals surface area contributed by atoms with E-state index in [-0.39, 0.29) is 23.0 Å². The zero-order chi connectivity index (χ0) is 20.4. The van der Waals surface area contributed by atoms with E-state index in [2.05, 4.69) is 22.4 Å². The van der Waals surface area contributed by atoms with Crippen molar-refractivity contribution in [2.75, 3.05) is 5.32 Å². The summed E-state index contributed by atoms with van der Waals surface area (Å²) in [4.78, 5) is 12.6. The van der Waals surface area contributed by atoms with Crippen molar-refractivity contribution in [2.45, 2.75) is 49.6 Å². The summed E-state index contributed by atoms with van der Waals surface area (Å²) in [6.45, 7) is 3.94. The number of aromatic nitrogens is 3. The van der Waals surface area contributed by atoms with Gasteiger partial charge in [0.25, 0.3) is 0 Å². The Bertz CT molecular complexity index is 1010. The first-order valence-electron chi connectivity index (χ1n) is 9.83. The van der Waals surface area contributed by atoms with Crippen LogP contribution in [-0.2, 0) is 11.2 Å². The van der Waals surface area contributed by atoms with Crippen LogP contribution in [-0.4, -0.2) is 25.9 Å². The van der Waals surface area contributed by atoms with Gasteiger partial charge in [-0.15, -0.1) is 10.2 Å². The number of hydrogen-bond acceptors (Lipinski definition) is 4. The Morgan fingerprint density at radius 3 is 2.59 bits per heavy atom. The SMILES string of the molecule is CCc1ccc(NC(=O)C(C)Sc2nnc(-c3ccccc3F)n2C2CC2)cc1. The molecule has 0 aliphatic heterocycles. The summed E-state index contributed by atoms with van der Waals surface area (Å²) in [5.74, 6) is 0.104. The maximum atomic E-state index is 14.3. The van der Waals surface area contributed by atoms with E-state index in [4.69, 9.17) is 0 Å². The molecule has 4 rings (SSSR count). The number of amides is 1. The van der Waals surface area contributed by atoms with Gasteiger partial charge in [-0.3, -0.25) is 9.36 Å². The van der Waals surface area contributed by atoms with E-state index in [0.717, 1.165) is 24.9 Å². The van der Waals surface area contributed by atoms with E-state index in [1.807, 2.05) is 35.8 Å². The third kappa shape index (κ3) is 4.34. The third-order valence-electron chi connectivity index (χ3n) is 4.97. The minimum atomic E-state index is -0.365. The summed E-state index contributed by atoms with van der Waals surface area (Å²) >= 11 is 1.35. The quantitative estimate of drug-likeness (QED) is 0.551. The van der Waals surface area contributed by atoms with Crippen LogP contribution >= 0.6 is 11.8 Å². The van der Waals surface area contributed by atoms with E-state index in [1.165, 1.54) is 23.4 Å². The van der Waals surface area contributed by atoms with Crippen LogP contribution in [0, 0.1) is 5.82 Å². The van der Waals surface area contributed by atoms with E-state index in [0.29, 0.717) is 16.5 Å². The number of halogens is 1. The zero-order valence-corrected chi connectivity index (χ0v) is 17.2. The van der Waals surface area contributed by atoms with Gasteiger partial charge < -0.3 is 5.32 Å². The molecule has 1 amide bonds. The van der Waals surface area contributed by atoms with Crippen molar-refractivity contribution in [3.8, 4) is 11.4 Å². The van der Waals surface area contributed by atoms with Crippen LogP contribution in [0.15, 0.2) is 53.7 Å². The van der Waals surface area contributed by atoms with Crippen molar-refractivity contribution in [1.82, 2.24) is 14.8 Å². The molecule has 1 fully saturated rings. The number of nitrogens with one attached hydrogen (secondary N) is 1. The summed E-state index contributed by atoms with van der Waals surface area (Å²) < 4.78 is 16.3. The normalized spacial score (nSPS) is 14.6. The van der Waals surface area contributed by atoms with Gasteiger partial charge in [0.1, 0.15) is 5.82 Å². The number of carbonyl (C=O) groups excluding carboxylic acids is 1. The molecule has 1 unspecified atom stereocenters. The molecule has 1 atom stereocenters. The highest BCUT2D eigenvalue weighted by atomic mass is 32.2. The van der Waals surface area contributed by atoms with Gasteiger partial charge in [-0.2, -0.15) is 0 Å². The molecule has 1 aromatic heterocycles. The number of aryl methyl sites for hydroxylation is 1. The highest BCUT2D eigenvalue weighted by Crippen LogP contribution is 2.42. The Morgan fingerprint density at radius 2 is 1.93 bits per heavy atom. The van der Waals surface area contributed by atoms with Gasteiger partial charge >= 0.3 is 0 Å². The van der Waals surface area contributed by atoms with E-state index in [1.54, 1.807) is 18.2 Å². The molecule has 29 heavy (non-hydrogen) atoms. The smallest absolute Gasteiger partial charge is 0.237 e. The van der Waals surface area contributed by atoms with Crippen LogP contribution < -0.4 is 5.32 Å². The second kappa shape index (κ2) is 8.37. The summed E-state index contributed by atoms with van der Waals surface area (Å²) in [5, 5.41) is 11.8. The van der Waals surface area contributed by atoms with Gasteiger partial charge in [0.15, 0.2) is 11.0 Å². The monoisotopic (exact) mass is 410 g/mol. The molecule has 0 bridgehead atoms. The van der Waals surface area contributed by atoms with Crippen molar-refractivity contribution in [3.05, 3.63) is 59.9 Å². The summed E-state index contributed by atoms with van der Waals surface area (Å²) in [6, 6.07) is 14.7. The molecule has 0 saturated heterocycles. The van der Waals surface area contributed by atoms with Gasteiger partial charge in [-0.1, -0.05) is 43.0 Å². The second-order valence-electron chi connectivity index (χ2n) is 7.19. The largest absolute Gasteiger partial charge is 0.325 e. The minimum Gasteiger partial charge on any atom is -0.325 e. The first kappa shape index (κ1) is 19.6. The number of nitrogens with zero attached hydrogens (tertiary/aromatic N) is 3. The Morgan fingerprint density at radius 1 is 1.21 bits per heavy atom. The number of anilines is 1. The number of thioether (sulfide) groups is 1. The summed E-state index contributed by atoms with van der Waals surface area (Å²) in [7, 11) is 0. The Labute approximate surface area is 173 Å². The molecule has 5 nitrogen and oxygen atoms in total. The van der Waals surface area contributed by atoms with Crippen LogP contribution in [0.3, 0.4) is 0 Å². The molecule has 1 heterocycles. The average Bonchev–Trinajstić information content (AvgIpc) is 3.49. The van der Waals surface area contributed by atoms with E-state index < -0.39 is 0 Å². The summed E-state index contributed by atoms with van der Waals surface area (Å²) in [6.07, 6.45) is 2.98. The lowest BCUT2D eigenvalue weighted by atomic mass is 10.1. The van der Waals surface area contributed by atoms with Crippen molar-refractivity contribution >= 4 is 23.4 Å². The molecular weight excluding hydrogens is 387 g/mol.